The Hall–Kier alpha value is -2.00. The number of carbonyl (C=O) groups is 2. The molecule has 2 nitrogen and oxygen atoms in total. The topological polar surface area (TPSA) is 34.1 Å². The third kappa shape index (κ3) is 2.78. The lowest BCUT2D eigenvalue weighted by atomic mass is 10.3. The Morgan fingerprint density at radius 3 is 1.80 bits per heavy atom. The Labute approximate surface area is 120 Å². The van der Waals surface area contributed by atoms with Crippen LogP contribution < -0.4 is 10.4 Å². The Kier molecular flexibility index (Phi) is 4.64. The monoisotopic (exact) mass is 282 g/mol. The molecule has 0 spiro atoms. The molecule has 2 aromatic rings. The van der Waals surface area contributed by atoms with Crippen molar-refractivity contribution in [3.8, 4) is 0 Å². The van der Waals surface area contributed by atoms with Gasteiger partial charge < -0.3 is 9.59 Å². The fraction of sp³-hybridized carbons (Fsp3) is 0.176. The van der Waals surface area contributed by atoms with E-state index in [-0.39, 0.29) is 5.41 Å². The van der Waals surface area contributed by atoms with Crippen molar-refractivity contribution < 1.29 is 9.59 Å². The number of carbonyl (C=O) groups excluding carboxylic acids is 2. The molecule has 0 saturated carbocycles. The first kappa shape index (κ1) is 14.4. The van der Waals surface area contributed by atoms with Gasteiger partial charge in [0.15, 0.2) is 8.07 Å². The van der Waals surface area contributed by atoms with E-state index in [2.05, 4.69) is 6.55 Å². The van der Waals surface area contributed by atoms with Crippen LogP contribution in [-0.4, -0.2) is 19.8 Å². The molecule has 102 valence electrons. The first-order valence-electron chi connectivity index (χ1n) is 6.77. The molecule has 0 unspecified atom stereocenters. The molecule has 0 N–H and O–H groups in total. The van der Waals surface area contributed by atoms with Crippen LogP contribution in [0.5, 0.6) is 0 Å². The first-order valence-corrected chi connectivity index (χ1v) is 9.27. The lowest BCUT2D eigenvalue weighted by molar-refractivity contribution is -0.115. The average Bonchev–Trinajstić information content (AvgIpc) is 2.53. The van der Waals surface area contributed by atoms with E-state index in [1.54, 1.807) is 0 Å². The van der Waals surface area contributed by atoms with Gasteiger partial charge in [0.25, 0.3) is 0 Å². The van der Waals surface area contributed by atoms with Crippen LogP contribution in [0.3, 0.4) is 0 Å². The van der Waals surface area contributed by atoms with Crippen LogP contribution in [0.2, 0.25) is 6.55 Å². The van der Waals surface area contributed by atoms with Crippen molar-refractivity contribution in [3.63, 3.8) is 0 Å². The lowest BCUT2D eigenvalue weighted by Gasteiger charge is -2.26. The molecule has 0 amide bonds. The molecule has 3 heteroatoms. The van der Waals surface area contributed by atoms with E-state index in [0.29, 0.717) is 12.8 Å². The SMILES string of the molecule is C[Si](C(=O)CCC=O)(c1ccccc1)c1ccccc1. The number of rotatable bonds is 6. The Bertz CT molecular complexity index is 539. The van der Waals surface area contributed by atoms with Crippen LogP contribution in [0, 0.1) is 0 Å². The highest BCUT2D eigenvalue weighted by Gasteiger charge is 2.38. The van der Waals surface area contributed by atoms with Crippen LogP contribution in [0.1, 0.15) is 12.8 Å². The zero-order chi connectivity index (χ0) is 14.4. The standard InChI is InChI=1S/C17H18O2Si/c1-20(17(19)13-8-14-18,15-9-4-2-5-10-15)16-11-6-3-7-12-16/h2-7,9-12,14H,8,13H2,1H3. The average molecular weight is 282 g/mol. The minimum atomic E-state index is -2.44. The molecule has 0 radical (unpaired) electrons. The Morgan fingerprint density at radius 1 is 0.950 bits per heavy atom. The summed E-state index contributed by atoms with van der Waals surface area (Å²) in [5, 5.41) is 2.41. The fourth-order valence-corrected chi connectivity index (χ4v) is 5.81. The predicted molar refractivity (Wildman–Crippen MR) is 84.1 cm³/mol. The van der Waals surface area contributed by atoms with Crippen LogP contribution in [0.4, 0.5) is 0 Å². The van der Waals surface area contributed by atoms with Crippen molar-refractivity contribution in [1.82, 2.24) is 0 Å². The van der Waals surface area contributed by atoms with E-state index in [0.717, 1.165) is 16.7 Å². The lowest BCUT2D eigenvalue weighted by Crippen LogP contribution is -2.62. The van der Waals surface area contributed by atoms with Gasteiger partial charge in [-0.25, -0.2) is 0 Å². The highest BCUT2D eigenvalue weighted by atomic mass is 28.3. The second-order valence-electron chi connectivity index (χ2n) is 4.99. The minimum Gasteiger partial charge on any atom is -0.305 e. The fourth-order valence-electron chi connectivity index (χ4n) is 2.47. The number of aldehydes is 1. The zero-order valence-electron chi connectivity index (χ0n) is 11.6. The van der Waals surface area contributed by atoms with Gasteiger partial charge in [-0.2, -0.15) is 0 Å². The van der Waals surface area contributed by atoms with Gasteiger partial charge in [-0.15, -0.1) is 0 Å². The van der Waals surface area contributed by atoms with E-state index in [9.17, 15) is 9.59 Å². The van der Waals surface area contributed by atoms with Crippen molar-refractivity contribution in [2.75, 3.05) is 0 Å². The summed E-state index contributed by atoms with van der Waals surface area (Å²) in [5.74, 6) is 0. The molecule has 0 aliphatic heterocycles. The quantitative estimate of drug-likeness (QED) is 0.599. The molecule has 2 aromatic carbocycles. The molecule has 0 aliphatic rings. The Morgan fingerprint density at radius 2 is 1.40 bits per heavy atom. The number of benzene rings is 2. The molecule has 0 atom stereocenters. The van der Waals surface area contributed by atoms with E-state index in [1.165, 1.54) is 0 Å². The van der Waals surface area contributed by atoms with Crippen molar-refractivity contribution in [2.45, 2.75) is 19.4 Å². The molecule has 0 bridgehead atoms. The Balaban J connectivity index is 2.49. The zero-order valence-corrected chi connectivity index (χ0v) is 12.6. The summed E-state index contributed by atoms with van der Waals surface area (Å²) in [6, 6.07) is 19.9. The molecule has 2 rings (SSSR count). The second-order valence-corrected chi connectivity index (χ2v) is 8.95. The van der Waals surface area contributed by atoms with Gasteiger partial charge in [0.1, 0.15) is 11.7 Å². The number of hydrogen-bond donors (Lipinski definition) is 0. The first-order chi connectivity index (χ1) is 9.69. The summed E-state index contributed by atoms with van der Waals surface area (Å²) in [6.07, 6.45) is 1.46. The van der Waals surface area contributed by atoms with E-state index in [4.69, 9.17) is 0 Å². The van der Waals surface area contributed by atoms with Crippen LogP contribution in [-0.2, 0) is 9.59 Å². The van der Waals surface area contributed by atoms with Gasteiger partial charge >= 0.3 is 0 Å². The molecular weight excluding hydrogens is 264 g/mol. The molecular formula is C17H18O2Si. The second kappa shape index (κ2) is 6.44. The van der Waals surface area contributed by atoms with E-state index >= 15 is 0 Å². The maximum atomic E-state index is 12.7. The van der Waals surface area contributed by atoms with Crippen LogP contribution in [0.25, 0.3) is 0 Å². The van der Waals surface area contributed by atoms with Gasteiger partial charge in [0.2, 0.25) is 0 Å². The predicted octanol–water partition coefficient (Wildman–Crippen LogP) is 1.97. The molecule has 0 aliphatic carbocycles. The summed E-state index contributed by atoms with van der Waals surface area (Å²) in [6.45, 7) is 2.07. The summed E-state index contributed by atoms with van der Waals surface area (Å²) in [7, 11) is -2.44. The highest BCUT2D eigenvalue weighted by molar-refractivity contribution is 7.21. The normalized spacial score (nSPS) is 11.1. The van der Waals surface area contributed by atoms with Crippen molar-refractivity contribution in [2.24, 2.45) is 0 Å². The molecule has 0 fully saturated rings. The number of hydrogen-bond acceptors (Lipinski definition) is 2. The maximum absolute atomic E-state index is 12.7. The van der Waals surface area contributed by atoms with E-state index < -0.39 is 8.07 Å². The third-order valence-corrected chi connectivity index (χ3v) is 8.09. The third-order valence-electron chi connectivity index (χ3n) is 3.75. The minimum absolute atomic E-state index is 0.210. The van der Waals surface area contributed by atoms with E-state index in [1.807, 2.05) is 60.7 Å². The van der Waals surface area contributed by atoms with Crippen LogP contribution in [0.15, 0.2) is 60.7 Å². The van der Waals surface area contributed by atoms with Gasteiger partial charge in [-0.05, 0) is 10.4 Å². The molecule has 0 aromatic heterocycles. The van der Waals surface area contributed by atoms with Gasteiger partial charge in [-0.3, -0.25) is 0 Å². The van der Waals surface area contributed by atoms with Gasteiger partial charge in [-0.1, -0.05) is 67.2 Å². The molecule has 0 heterocycles. The van der Waals surface area contributed by atoms with Crippen molar-refractivity contribution in [3.05, 3.63) is 60.7 Å². The maximum Gasteiger partial charge on any atom is 0.190 e. The summed E-state index contributed by atoms with van der Waals surface area (Å²) >= 11 is 0. The summed E-state index contributed by atoms with van der Waals surface area (Å²) < 4.78 is 0. The smallest absolute Gasteiger partial charge is 0.190 e. The summed E-state index contributed by atoms with van der Waals surface area (Å²) in [4.78, 5) is 23.3. The summed E-state index contributed by atoms with van der Waals surface area (Å²) in [5.41, 5.74) is 0. The van der Waals surface area contributed by atoms with Crippen LogP contribution >= 0.6 is 0 Å². The van der Waals surface area contributed by atoms with Crippen molar-refractivity contribution in [1.29, 1.82) is 0 Å². The molecule has 20 heavy (non-hydrogen) atoms. The van der Waals surface area contributed by atoms with Crippen molar-refractivity contribution >= 4 is 30.1 Å². The van der Waals surface area contributed by atoms with Gasteiger partial charge in [0, 0.05) is 12.8 Å². The highest BCUT2D eigenvalue weighted by Crippen LogP contribution is 2.10. The van der Waals surface area contributed by atoms with Gasteiger partial charge in [0.05, 0.1) is 0 Å². The molecule has 0 saturated heterocycles. The largest absolute Gasteiger partial charge is 0.305 e.